The molecule has 3 N–H and O–H groups in total. The third kappa shape index (κ3) is 49.8. The maximum absolute atomic E-state index is 12.5. The predicted molar refractivity (Wildman–Crippen MR) is 278 cm³/mol. The molecule has 2 unspecified atom stereocenters. The molecule has 6 nitrogen and oxygen atoms in total. The van der Waals surface area contributed by atoms with Gasteiger partial charge in [-0.25, -0.2) is 0 Å². The number of allylic oxidation sites excluding steroid dienone is 3. The first-order chi connectivity index (χ1) is 31.5. The van der Waals surface area contributed by atoms with Gasteiger partial charge in [-0.15, -0.1) is 0 Å². The average Bonchev–Trinajstić information content (AvgIpc) is 3.29. The summed E-state index contributed by atoms with van der Waals surface area (Å²) in [5.41, 5.74) is 0. The minimum absolute atomic E-state index is 0.0155. The number of nitrogens with one attached hydrogen (secondary N) is 1. The fraction of sp³-hybridized carbons (Fsp3) is 0.897. The summed E-state index contributed by atoms with van der Waals surface area (Å²) in [6, 6.07) is -0.642. The van der Waals surface area contributed by atoms with Crippen molar-refractivity contribution < 1.29 is 24.5 Å². The highest BCUT2D eigenvalue weighted by Crippen LogP contribution is 2.16. The molecule has 0 saturated heterocycles. The van der Waals surface area contributed by atoms with Gasteiger partial charge in [0.2, 0.25) is 5.91 Å². The molecular formula is C58H111NO5. The monoisotopic (exact) mass is 902 g/mol. The van der Waals surface area contributed by atoms with Crippen LogP contribution in [0.5, 0.6) is 0 Å². The number of unbranched alkanes of at least 4 members (excludes halogenated alkanes) is 40. The van der Waals surface area contributed by atoms with Crippen molar-refractivity contribution >= 4 is 11.9 Å². The van der Waals surface area contributed by atoms with Crippen LogP contribution in [-0.2, 0) is 14.3 Å². The Morgan fingerprint density at radius 3 is 1.11 bits per heavy atom. The molecule has 0 heterocycles. The summed E-state index contributed by atoms with van der Waals surface area (Å²) < 4.78 is 5.48. The van der Waals surface area contributed by atoms with E-state index in [2.05, 4.69) is 31.3 Å². The highest BCUT2D eigenvalue weighted by atomic mass is 16.5. The normalized spacial score (nSPS) is 12.8. The van der Waals surface area contributed by atoms with Crippen LogP contribution < -0.4 is 5.32 Å². The quantitative estimate of drug-likeness (QED) is 0.0321. The van der Waals surface area contributed by atoms with Crippen LogP contribution in [0.4, 0.5) is 0 Å². The zero-order valence-electron chi connectivity index (χ0n) is 43.0. The van der Waals surface area contributed by atoms with Crippen LogP contribution in [0.2, 0.25) is 0 Å². The van der Waals surface area contributed by atoms with Crippen molar-refractivity contribution in [2.24, 2.45) is 0 Å². The smallest absolute Gasteiger partial charge is 0.305 e. The first-order valence-electron chi connectivity index (χ1n) is 28.6. The number of esters is 1. The van der Waals surface area contributed by atoms with Gasteiger partial charge in [-0.1, -0.05) is 263 Å². The SMILES string of the molecule is CCCCCCCC/C=C\CCCCCCCCCCCC(=O)OCCCCCCCCCCCCCC(=O)NC(CO)C(O)/C=C/CCCCCCCCCCCCCCCCC. The summed E-state index contributed by atoms with van der Waals surface area (Å²) in [7, 11) is 0. The molecule has 378 valence electrons. The van der Waals surface area contributed by atoms with Crippen LogP contribution in [0, 0.1) is 0 Å². The standard InChI is InChI=1S/C58H111NO5/c1-3-5-7-9-11-13-15-17-19-21-22-24-26-28-32-36-40-44-48-52-58(63)64-53-49-45-41-37-33-29-31-35-39-43-47-51-57(62)59-55(54-60)56(61)50-46-42-38-34-30-27-25-23-20-18-16-14-12-10-8-6-4-2/h17,19,46,50,55-56,60-61H,3-16,18,20-45,47-49,51-54H2,1-2H3,(H,59,62)/b19-17-,50-46+. The molecule has 0 aromatic rings. The van der Waals surface area contributed by atoms with Crippen molar-refractivity contribution in [2.45, 2.75) is 321 Å². The Bertz CT molecular complexity index is 997. The minimum Gasteiger partial charge on any atom is -0.466 e. The zero-order chi connectivity index (χ0) is 46.5. The van der Waals surface area contributed by atoms with Gasteiger partial charge in [0.25, 0.3) is 0 Å². The van der Waals surface area contributed by atoms with Crippen molar-refractivity contribution in [3.8, 4) is 0 Å². The van der Waals surface area contributed by atoms with Gasteiger partial charge in [-0.05, 0) is 57.8 Å². The van der Waals surface area contributed by atoms with E-state index in [4.69, 9.17) is 4.74 Å². The van der Waals surface area contributed by atoms with E-state index in [0.717, 1.165) is 57.8 Å². The predicted octanol–water partition coefficient (Wildman–Crippen LogP) is 17.5. The van der Waals surface area contributed by atoms with E-state index in [1.165, 1.54) is 225 Å². The molecule has 0 radical (unpaired) electrons. The first-order valence-corrected chi connectivity index (χ1v) is 28.6. The van der Waals surface area contributed by atoms with Gasteiger partial charge in [0, 0.05) is 12.8 Å². The second-order valence-corrected chi connectivity index (χ2v) is 19.6. The Balaban J connectivity index is 3.48. The van der Waals surface area contributed by atoms with Crippen molar-refractivity contribution in [2.75, 3.05) is 13.2 Å². The van der Waals surface area contributed by atoms with Crippen molar-refractivity contribution in [3.63, 3.8) is 0 Å². The largest absolute Gasteiger partial charge is 0.466 e. The van der Waals surface area contributed by atoms with Crippen LogP contribution in [0.3, 0.4) is 0 Å². The number of amides is 1. The van der Waals surface area contributed by atoms with Crippen molar-refractivity contribution in [1.29, 1.82) is 0 Å². The van der Waals surface area contributed by atoms with Gasteiger partial charge < -0.3 is 20.3 Å². The molecule has 0 aliphatic carbocycles. The van der Waals surface area contributed by atoms with Crippen LogP contribution in [0.15, 0.2) is 24.3 Å². The lowest BCUT2D eigenvalue weighted by molar-refractivity contribution is -0.143. The number of carbonyl (C=O) groups is 2. The molecule has 0 fully saturated rings. The molecule has 0 aliphatic heterocycles. The van der Waals surface area contributed by atoms with Gasteiger partial charge >= 0.3 is 5.97 Å². The fourth-order valence-electron chi connectivity index (χ4n) is 8.81. The first kappa shape index (κ1) is 62.3. The Labute approximate surface area is 399 Å². The fourth-order valence-corrected chi connectivity index (χ4v) is 8.81. The molecule has 0 aromatic carbocycles. The number of ether oxygens (including phenoxy) is 1. The maximum atomic E-state index is 12.5. The van der Waals surface area contributed by atoms with Crippen molar-refractivity contribution in [1.82, 2.24) is 5.32 Å². The van der Waals surface area contributed by atoms with Crippen LogP contribution >= 0.6 is 0 Å². The number of rotatable bonds is 53. The Hall–Kier alpha value is -1.66. The van der Waals surface area contributed by atoms with Crippen molar-refractivity contribution in [3.05, 3.63) is 24.3 Å². The molecule has 0 spiro atoms. The molecule has 6 heteroatoms. The second kappa shape index (κ2) is 54.0. The van der Waals surface area contributed by atoms with E-state index >= 15 is 0 Å². The summed E-state index contributed by atoms with van der Waals surface area (Å²) in [5.74, 6) is -0.100. The third-order valence-corrected chi connectivity index (χ3v) is 13.2. The highest BCUT2D eigenvalue weighted by molar-refractivity contribution is 5.76. The summed E-state index contributed by atoms with van der Waals surface area (Å²) >= 11 is 0. The van der Waals surface area contributed by atoms with Gasteiger partial charge in [0.05, 0.1) is 25.4 Å². The third-order valence-electron chi connectivity index (χ3n) is 13.2. The summed E-state index contributed by atoms with van der Waals surface area (Å²) in [4.78, 5) is 24.5. The number of aliphatic hydroxyl groups excluding tert-OH is 2. The van der Waals surface area contributed by atoms with Crippen LogP contribution in [0.1, 0.15) is 309 Å². The molecule has 0 saturated carbocycles. The van der Waals surface area contributed by atoms with E-state index in [0.29, 0.717) is 19.4 Å². The summed E-state index contributed by atoms with van der Waals surface area (Å²) in [6.45, 7) is 4.87. The number of hydrogen-bond acceptors (Lipinski definition) is 5. The number of aliphatic hydroxyl groups is 2. The maximum Gasteiger partial charge on any atom is 0.305 e. The Morgan fingerprint density at radius 2 is 0.734 bits per heavy atom. The number of hydrogen-bond donors (Lipinski definition) is 3. The van der Waals surface area contributed by atoms with Gasteiger partial charge in [-0.2, -0.15) is 0 Å². The van der Waals surface area contributed by atoms with E-state index < -0.39 is 12.1 Å². The Kier molecular flexibility index (Phi) is 52.6. The molecule has 1 amide bonds. The van der Waals surface area contributed by atoms with Crippen LogP contribution in [-0.4, -0.2) is 47.4 Å². The molecule has 0 aliphatic rings. The number of carbonyl (C=O) groups excluding carboxylic acids is 2. The molecule has 0 aromatic heterocycles. The van der Waals surface area contributed by atoms with Gasteiger partial charge in [0.1, 0.15) is 0 Å². The van der Waals surface area contributed by atoms with Gasteiger partial charge in [0.15, 0.2) is 0 Å². The molecule has 0 rings (SSSR count). The van der Waals surface area contributed by atoms with Gasteiger partial charge in [-0.3, -0.25) is 9.59 Å². The second-order valence-electron chi connectivity index (χ2n) is 19.6. The summed E-state index contributed by atoms with van der Waals surface area (Å²) in [5, 5.41) is 23.1. The van der Waals surface area contributed by atoms with E-state index in [1.807, 2.05) is 6.08 Å². The molecule has 0 bridgehead atoms. The Morgan fingerprint density at radius 1 is 0.422 bits per heavy atom. The van der Waals surface area contributed by atoms with Crippen LogP contribution in [0.25, 0.3) is 0 Å². The molecule has 64 heavy (non-hydrogen) atoms. The molecular weight excluding hydrogens is 791 g/mol. The highest BCUT2D eigenvalue weighted by Gasteiger charge is 2.18. The average molecular weight is 903 g/mol. The topological polar surface area (TPSA) is 95.9 Å². The zero-order valence-corrected chi connectivity index (χ0v) is 43.0. The lowest BCUT2D eigenvalue weighted by Gasteiger charge is -2.20. The lowest BCUT2D eigenvalue weighted by atomic mass is 10.0. The van der Waals surface area contributed by atoms with E-state index in [9.17, 15) is 19.8 Å². The summed E-state index contributed by atoms with van der Waals surface area (Å²) in [6.07, 6.45) is 64.7. The minimum atomic E-state index is -0.857. The van der Waals surface area contributed by atoms with E-state index in [1.54, 1.807) is 6.08 Å². The molecule has 2 atom stereocenters. The lowest BCUT2D eigenvalue weighted by Crippen LogP contribution is -2.45. The van der Waals surface area contributed by atoms with E-state index in [-0.39, 0.29) is 18.5 Å².